The van der Waals surface area contributed by atoms with E-state index in [9.17, 15) is 14.9 Å². The molecule has 6 nitrogen and oxygen atoms in total. The van der Waals surface area contributed by atoms with Crippen LogP contribution in [0.15, 0.2) is 42.6 Å². The Kier molecular flexibility index (Phi) is 4.32. The van der Waals surface area contributed by atoms with Gasteiger partial charge in [0.1, 0.15) is 17.2 Å². The molecule has 0 N–H and O–H groups in total. The average molecular weight is 312 g/mol. The Morgan fingerprint density at radius 2 is 1.96 bits per heavy atom. The first-order valence-electron chi connectivity index (χ1n) is 7.53. The van der Waals surface area contributed by atoms with Crippen LogP contribution in [-0.2, 0) is 0 Å². The molecule has 1 aliphatic carbocycles. The van der Waals surface area contributed by atoms with Gasteiger partial charge in [0.15, 0.2) is 5.78 Å². The van der Waals surface area contributed by atoms with Crippen molar-refractivity contribution in [2.24, 2.45) is 5.92 Å². The van der Waals surface area contributed by atoms with Crippen molar-refractivity contribution in [2.75, 3.05) is 0 Å². The molecule has 6 heteroatoms. The number of carbonyl (C=O) groups excluding carboxylic acids is 1. The van der Waals surface area contributed by atoms with Gasteiger partial charge in [-0.15, -0.1) is 0 Å². The molecule has 0 aliphatic heterocycles. The number of carbonyl (C=O) groups is 1. The first-order chi connectivity index (χ1) is 11.1. The lowest BCUT2D eigenvalue weighted by Crippen LogP contribution is -2.02. The number of rotatable bonds is 7. The van der Waals surface area contributed by atoms with E-state index in [-0.39, 0.29) is 11.5 Å². The monoisotopic (exact) mass is 312 g/mol. The van der Waals surface area contributed by atoms with E-state index in [0.29, 0.717) is 29.5 Å². The van der Waals surface area contributed by atoms with E-state index >= 15 is 0 Å². The summed E-state index contributed by atoms with van der Waals surface area (Å²) in [5.74, 6) is 1.69. The summed E-state index contributed by atoms with van der Waals surface area (Å²) in [6.45, 7) is 0. The van der Waals surface area contributed by atoms with Crippen LogP contribution in [0.1, 0.15) is 36.2 Å². The number of nitrogens with zero attached hydrogens (tertiary/aromatic N) is 2. The summed E-state index contributed by atoms with van der Waals surface area (Å²) in [5, 5.41) is 10.6. The molecule has 0 spiro atoms. The number of hydrogen-bond acceptors (Lipinski definition) is 5. The van der Waals surface area contributed by atoms with E-state index in [0.717, 1.165) is 6.42 Å². The van der Waals surface area contributed by atoms with Gasteiger partial charge in [-0.3, -0.25) is 19.9 Å². The molecule has 0 bridgehead atoms. The van der Waals surface area contributed by atoms with Gasteiger partial charge < -0.3 is 4.74 Å². The highest BCUT2D eigenvalue weighted by atomic mass is 16.6. The fourth-order valence-corrected chi connectivity index (χ4v) is 2.27. The number of hydrogen-bond donors (Lipinski definition) is 0. The normalized spacial score (nSPS) is 13.6. The minimum atomic E-state index is -0.465. The third-order valence-electron chi connectivity index (χ3n) is 3.78. The first-order valence-corrected chi connectivity index (χ1v) is 7.53. The van der Waals surface area contributed by atoms with Crippen molar-refractivity contribution in [3.05, 3.63) is 58.4 Å². The van der Waals surface area contributed by atoms with Crippen molar-refractivity contribution >= 4 is 11.5 Å². The van der Waals surface area contributed by atoms with Crippen LogP contribution in [0.25, 0.3) is 0 Å². The molecule has 23 heavy (non-hydrogen) atoms. The van der Waals surface area contributed by atoms with Gasteiger partial charge in [-0.25, -0.2) is 0 Å². The highest BCUT2D eigenvalue weighted by Crippen LogP contribution is 2.34. The maximum atomic E-state index is 12.1. The molecule has 0 amide bonds. The van der Waals surface area contributed by atoms with Crippen LogP contribution < -0.4 is 4.74 Å². The predicted octanol–water partition coefficient (Wildman–Crippen LogP) is 4.16. The summed E-state index contributed by atoms with van der Waals surface area (Å²) in [6, 6.07) is 9.05. The summed E-state index contributed by atoms with van der Waals surface area (Å²) in [4.78, 5) is 26.4. The lowest BCUT2D eigenvalue weighted by molar-refractivity contribution is -0.384. The number of benzene rings is 1. The number of aromatic nitrogens is 1. The molecular formula is C17H16N2O4. The summed E-state index contributed by atoms with van der Waals surface area (Å²) in [6.07, 6.45) is 5.42. The molecule has 1 heterocycles. The molecule has 0 unspecified atom stereocenters. The number of nitro groups is 1. The number of pyridine rings is 1. The Balaban J connectivity index is 1.66. The predicted molar refractivity (Wildman–Crippen MR) is 83.7 cm³/mol. The molecule has 0 saturated heterocycles. The first kappa shape index (κ1) is 15.1. The largest absolute Gasteiger partial charge is 0.457 e. The number of ether oxygens (including phenoxy) is 1. The van der Waals surface area contributed by atoms with Gasteiger partial charge in [-0.05, 0) is 30.5 Å². The highest BCUT2D eigenvalue weighted by Gasteiger charge is 2.22. The molecule has 1 saturated carbocycles. The van der Waals surface area contributed by atoms with Gasteiger partial charge in [0, 0.05) is 30.8 Å². The minimum Gasteiger partial charge on any atom is -0.457 e. The molecule has 1 fully saturated rings. The van der Waals surface area contributed by atoms with Crippen LogP contribution in [0, 0.1) is 16.0 Å². The standard InChI is InChI=1S/C17H16N2O4/c20-17(8-3-12-1-2-12)16-11-15(9-10-18-16)23-14-6-4-13(5-7-14)19(21)22/h4-7,9-12H,1-3,8H2. The maximum Gasteiger partial charge on any atom is 0.269 e. The molecule has 1 aromatic carbocycles. The zero-order valence-corrected chi connectivity index (χ0v) is 12.5. The Morgan fingerprint density at radius 3 is 2.61 bits per heavy atom. The zero-order valence-electron chi connectivity index (χ0n) is 12.5. The number of ketones is 1. The van der Waals surface area contributed by atoms with Gasteiger partial charge in [-0.2, -0.15) is 0 Å². The molecule has 1 aliphatic rings. The second-order valence-corrected chi connectivity index (χ2v) is 5.64. The van der Waals surface area contributed by atoms with Crippen molar-refractivity contribution in [1.82, 2.24) is 4.98 Å². The van der Waals surface area contributed by atoms with Crippen LogP contribution in [0.2, 0.25) is 0 Å². The zero-order chi connectivity index (χ0) is 16.2. The second kappa shape index (κ2) is 6.56. The van der Waals surface area contributed by atoms with Gasteiger partial charge in [0.2, 0.25) is 0 Å². The van der Waals surface area contributed by atoms with Gasteiger partial charge in [0.25, 0.3) is 5.69 Å². The Bertz CT molecular complexity index is 724. The number of nitro benzene ring substituents is 1. The van der Waals surface area contributed by atoms with Crippen molar-refractivity contribution in [1.29, 1.82) is 0 Å². The molecule has 118 valence electrons. The van der Waals surface area contributed by atoms with Crippen molar-refractivity contribution in [3.8, 4) is 11.5 Å². The highest BCUT2D eigenvalue weighted by molar-refractivity contribution is 5.94. The lowest BCUT2D eigenvalue weighted by Gasteiger charge is -2.06. The average Bonchev–Trinajstić information content (AvgIpc) is 3.38. The second-order valence-electron chi connectivity index (χ2n) is 5.64. The molecule has 1 aromatic heterocycles. The summed E-state index contributed by atoms with van der Waals surface area (Å²) >= 11 is 0. The summed E-state index contributed by atoms with van der Waals surface area (Å²) < 4.78 is 5.63. The topological polar surface area (TPSA) is 82.3 Å². The van der Waals surface area contributed by atoms with Crippen molar-refractivity contribution < 1.29 is 14.5 Å². The minimum absolute atomic E-state index is 0.00280. The van der Waals surface area contributed by atoms with E-state index in [1.54, 1.807) is 12.1 Å². The Labute approximate surface area is 133 Å². The smallest absolute Gasteiger partial charge is 0.269 e. The van der Waals surface area contributed by atoms with Crippen molar-refractivity contribution in [3.63, 3.8) is 0 Å². The number of Topliss-reactive ketones (excluding diaryl/α,β-unsaturated/α-hetero) is 1. The quantitative estimate of drug-likeness (QED) is 0.435. The van der Waals surface area contributed by atoms with Gasteiger partial charge in [0.05, 0.1) is 4.92 Å². The fraction of sp³-hybridized carbons (Fsp3) is 0.294. The molecule has 0 atom stereocenters. The molecule has 0 radical (unpaired) electrons. The van der Waals surface area contributed by atoms with Crippen LogP contribution in [0.5, 0.6) is 11.5 Å². The van der Waals surface area contributed by atoms with E-state index < -0.39 is 4.92 Å². The third kappa shape index (κ3) is 4.12. The van der Waals surface area contributed by atoms with E-state index in [1.807, 2.05) is 0 Å². The molecule has 3 rings (SSSR count). The Hall–Kier alpha value is -2.76. The van der Waals surface area contributed by atoms with E-state index in [1.165, 1.54) is 43.3 Å². The van der Waals surface area contributed by atoms with Crippen LogP contribution >= 0.6 is 0 Å². The van der Waals surface area contributed by atoms with E-state index in [2.05, 4.69) is 4.98 Å². The lowest BCUT2D eigenvalue weighted by atomic mass is 10.1. The van der Waals surface area contributed by atoms with Gasteiger partial charge >= 0.3 is 0 Å². The summed E-state index contributed by atoms with van der Waals surface area (Å²) in [7, 11) is 0. The SMILES string of the molecule is O=C(CCC1CC1)c1cc(Oc2ccc([N+](=O)[O-])cc2)ccn1. The maximum absolute atomic E-state index is 12.1. The Morgan fingerprint density at radius 1 is 1.22 bits per heavy atom. The van der Waals surface area contributed by atoms with Crippen molar-refractivity contribution in [2.45, 2.75) is 25.7 Å². The van der Waals surface area contributed by atoms with Crippen LogP contribution in [0.3, 0.4) is 0 Å². The van der Waals surface area contributed by atoms with Crippen LogP contribution in [0.4, 0.5) is 5.69 Å². The molecule has 2 aromatic rings. The van der Waals surface area contributed by atoms with Crippen LogP contribution in [-0.4, -0.2) is 15.7 Å². The number of non-ortho nitro benzene ring substituents is 1. The molecular weight excluding hydrogens is 296 g/mol. The fourth-order valence-electron chi connectivity index (χ4n) is 2.27. The summed E-state index contributed by atoms with van der Waals surface area (Å²) in [5.41, 5.74) is 0.396. The van der Waals surface area contributed by atoms with E-state index in [4.69, 9.17) is 4.74 Å². The van der Waals surface area contributed by atoms with Gasteiger partial charge in [-0.1, -0.05) is 12.8 Å². The third-order valence-corrected chi connectivity index (χ3v) is 3.78.